The lowest BCUT2D eigenvalue weighted by atomic mass is 9.98. The van der Waals surface area contributed by atoms with E-state index in [9.17, 15) is 9.59 Å². The number of carboxylic acid groups (broad SMARTS) is 1. The summed E-state index contributed by atoms with van der Waals surface area (Å²) >= 11 is 1.40. The quantitative estimate of drug-likeness (QED) is 0.910. The minimum atomic E-state index is -1.04. The smallest absolute Gasteiger partial charge is 0.339 e. The van der Waals surface area contributed by atoms with Gasteiger partial charge in [-0.05, 0) is 19.9 Å². The van der Waals surface area contributed by atoms with Crippen molar-refractivity contribution in [3.05, 3.63) is 38.7 Å². The molecule has 0 saturated carbocycles. The molecule has 0 bridgehead atoms. The topological polar surface area (TPSA) is 83.6 Å². The molecule has 0 radical (unpaired) electrons. The van der Waals surface area contributed by atoms with Crippen LogP contribution in [0.3, 0.4) is 0 Å². The first-order chi connectivity index (χ1) is 11.0. The number of carbonyl (C=O) groups excluding carboxylic acids is 1. The van der Waals surface area contributed by atoms with Crippen molar-refractivity contribution in [1.82, 2.24) is 9.88 Å². The van der Waals surface area contributed by atoms with E-state index in [2.05, 4.69) is 25.8 Å². The van der Waals surface area contributed by atoms with E-state index in [0.717, 1.165) is 5.01 Å². The Labute approximate surface area is 145 Å². The minimum absolute atomic E-state index is 0.110. The van der Waals surface area contributed by atoms with Gasteiger partial charge in [-0.15, -0.1) is 11.3 Å². The molecular formula is C17H22N2O4S. The Morgan fingerprint density at radius 3 is 2.42 bits per heavy atom. The average Bonchev–Trinajstić information content (AvgIpc) is 3.00. The van der Waals surface area contributed by atoms with Crippen molar-refractivity contribution in [2.45, 2.75) is 46.6 Å². The molecule has 0 unspecified atom stereocenters. The lowest BCUT2D eigenvalue weighted by Crippen LogP contribution is -2.25. The van der Waals surface area contributed by atoms with Crippen LogP contribution in [0.1, 0.15) is 63.0 Å². The summed E-state index contributed by atoms with van der Waals surface area (Å²) < 4.78 is 5.44. The summed E-state index contributed by atoms with van der Waals surface area (Å²) in [7, 11) is 1.66. The zero-order chi connectivity index (χ0) is 18.2. The van der Waals surface area contributed by atoms with Crippen LogP contribution < -0.4 is 0 Å². The Bertz CT molecular complexity index is 783. The normalized spacial score (nSPS) is 11.6. The highest BCUT2D eigenvalue weighted by Crippen LogP contribution is 2.30. The molecular weight excluding hydrogens is 328 g/mol. The second-order valence-electron chi connectivity index (χ2n) is 6.83. The highest BCUT2D eigenvalue weighted by atomic mass is 32.1. The summed E-state index contributed by atoms with van der Waals surface area (Å²) in [4.78, 5) is 30.4. The van der Waals surface area contributed by atoms with Crippen LogP contribution in [0.4, 0.5) is 0 Å². The van der Waals surface area contributed by atoms with Gasteiger partial charge in [-0.1, -0.05) is 20.8 Å². The third kappa shape index (κ3) is 3.67. The average molecular weight is 350 g/mol. The van der Waals surface area contributed by atoms with Gasteiger partial charge in [0.1, 0.15) is 22.0 Å². The molecule has 0 aliphatic rings. The van der Waals surface area contributed by atoms with Gasteiger partial charge in [0.05, 0.1) is 17.2 Å². The molecule has 24 heavy (non-hydrogen) atoms. The third-order valence-corrected chi connectivity index (χ3v) is 5.14. The number of aryl methyl sites for hydroxylation is 2. The molecule has 2 heterocycles. The first kappa shape index (κ1) is 18.2. The molecule has 0 aliphatic heterocycles. The fourth-order valence-corrected chi connectivity index (χ4v) is 3.35. The molecule has 2 aromatic heterocycles. The van der Waals surface area contributed by atoms with Crippen LogP contribution in [0.25, 0.3) is 0 Å². The molecule has 2 rings (SSSR count). The number of rotatable bonds is 4. The zero-order valence-electron chi connectivity index (χ0n) is 14.8. The van der Waals surface area contributed by atoms with E-state index in [1.54, 1.807) is 14.0 Å². The van der Waals surface area contributed by atoms with Crippen molar-refractivity contribution < 1.29 is 19.1 Å². The van der Waals surface area contributed by atoms with Gasteiger partial charge in [-0.25, -0.2) is 9.78 Å². The fourth-order valence-electron chi connectivity index (χ4n) is 2.23. The van der Waals surface area contributed by atoms with Crippen LogP contribution >= 0.6 is 11.3 Å². The Balaban J connectivity index is 2.20. The van der Waals surface area contributed by atoms with Gasteiger partial charge < -0.3 is 14.4 Å². The first-order valence-electron chi connectivity index (χ1n) is 7.56. The molecule has 0 aromatic carbocycles. The first-order valence-corrected chi connectivity index (χ1v) is 8.38. The van der Waals surface area contributed by atoms with Gasteiger partial charge in [0.2, 0.25) is 0 Å². The lowest BCUT2D eigenvalue weighted by molar-refractivity contribution is 0.0694. The third-order valence-electron chi connectivity index (χ3n) is 3.57. The predicted octanol–water partition coefficient (Wildman–Crippen LogP) is 3.62. The van der Waals surface area contributed by atoms with Crippen molar-refractivity contribution in [2.75, 3.05) is 7.05 Å². The molecule has 130 valence electrons. The number of aromatic carboxylic acids is 1. The second kappa shape index (κ2) is 6.39. The number of aromatic nitrogens is 1. The highest BCUT2D eigenvalue weighted by Gasteiger charge is 2.25. The van der Waals surface area contributed by atoms with Gasteiger partial charge in [-0.2, -0.15) is 0 Å². The van der Waals surface area contributed by atoms with Crippen LogP contribution in [0, 0.1) is 13.8 Å². The van der Waals surface area contributed by atoms with E-state index in [1.807, 2.05) is 6.92 Å². The monoisotopic (exact) mass is 350 g/mol. The Kier molecular flexibility index (Phi) is 4.85. The standard InChI is InChI=1S/C17H22N2O4S/c1-9-13(24-16(18-9)17(3,4)5)14(20)19(6)8-11-7-12(15(21)22)10(2)23-11/h7H,8H2,1-6H3,(H,21,22). The molecule has 0 fully saturated rings. The maximum atomic E-state index is 12.7. The summed E-state index contributed by atoms with van der Waals surface area (Å²) in [6.07, 6.45) is 0. The van der Waals surface area contributed by atoms with Gasteiger partial charge >= 0.3 is 5.97 Å². The SMILES string of the molecule is Cc1nc(C(C)(C)C)sc1C(=O)N(C)Cc1cc(C(=O)O)c(C)o1. The molecule has 0 spiro atoms. The van der Waals surface area contributed by atoms with Gasteiger partial charge in [0.25, 0.3) is 5.91 Å². The van der Waals surface area contributed by atoms with E-state index in [0.29, 0.717) is 22.1 Å². The highest BCUT2D eigenvalue weighted by molar-refractivity contribution is 7.14. The molecule has 7 heteroatoms. The van der Waals surface area contributed by atoms with Gasteiger partial charge in [0, 0.05) is 12.5 Å². The molecule has 2 aromatic rings. The van der Waals surface area contributed by atoms with Crippen LogP contribution in [0.5, 0.6) is 0 Å². The number of hydrogen-bond donors (Lipinski definition) is 1. The van der Waals surface area contributed by atoms with E-state index in [4.69, 9.17) is 9.52 Å². The number of carbonyl (C=O) groups is 2. The molecule has 0 aliphatic carbocycles. The Hall–Kier alpha value is -2.15. The molecule has 1 N–H and O–H groups in total. The van der Waals surface area contributed by atoms with Crippen molar-refractivity contribution >= 4 is 23.2 Å². The van der Waals surface area contributed by atoms with Gasteiger partial charge in [-0.3, -0.25) is 4.79 Å². The Morgan fingerprint density at radius 2 is 1.96 bits per heavy atom. The van der Waals surface area contributed by atoms with Crippen LogP contribution in [0.2, 0.25) is 0 Å². The summed E-state index contributed by atoms with van der Waals surface area (Å²) in [5, 5.41) is 9.98. The second-order valence-corrected chi connectivity index (χ2v) is 7.83. The lowest BCUT2D eigenvalue weighted by Gasteiger charge is -2.15. The van der Waals surface area contributed by atoms with Crippen LogP contribution in [-0.4, -0.2) is 33.9 Å². The van der Waals surface area contributed by atoms with E-state index >= 15 is 0 Å². The number of amides is 1. The summed E-state index contributed by atoms with van der Waals surface area (Å²) in [6, 6.07) is 1.46. The molecule has 1 amide bonds. The molecule has 0 atom stereocenters. The van der Waals surface area contributed by atoms with E-state index in [-0.39, 0.29) is 23.4 Å². The number of furan rings is 1. The maximum Gasteiger partial charge on any atom is 0.339 e. The summed E-state index contributed by atoms with van der Waals surface area (Å²) in [5.74, 6) is -0.405. The predicted molar refractivity (Wildman–Crippen MR) is 91.8 cm³/mol. The fraction of sp³-hybridized carbons (Fsp3) is 0.471. The molecule has 0 saturated heterocycles. The Morgan fingerprint density at radius 1 is 1.33 bits per heavy atom. The molecule has 6 nitrogen and oxygen atoms in total. The largest absolute Gasteiger partial charge is 0.478 e. The van der Waals surface area contributed by atoms with Crippen LogP contribution in [-0.2, 0) is 12.0 Å². The number of thiazole rings is 1. The minimum Gasteiger partial charge on any atom is -0.478 e. The van der Waals surface area contributed by atoms with Gasteiger partial charge in [0.15, 0.2) is 0 Å². The number of hydrogen-bond acceptors (Lipinski definition) is 5. The number of nitrogens with zero attached hydrogens (tertiary/aromatic N) is 2. The maximum absolute atomic E-state index is 12.7. The van der Waals surface area contributed by atoms with Crippen LogP contribution in [0.15, 0.2) is 10.5 Å². The van der Waals surface area contributed by atoms with Crippen molar-refractivity contribution in [3.8, 4) is 0 Å². The van der Waals surface area contributed by atoms with Crippen molar-refractivity contribution in [1.29, 1.82) is 0 Å². The van der Waals surface area contributed by atoms with E-state index in [1.165, 1.54) is 22.3 Å². The zero-order valence-corrected chi connectivity index (χ0v) is 15.6. The summed E-state index contributed by atoms with van der Waals surface area (Å²) in [6.45, 7) is 9.80. The van der Waals surface area contributed by atoms with Crippen molar-refractivity contribution in [3.63, 3.8) is 0 Å². The van der Waals surface area contributed by atoms with Crippen molar-refractivity contribution in [2.24, 2.45) is 0 Å². The summed E-state index contributed by atoms with van der Waals surface area (Å²) in [5.41, 5.74) is 0.722. The van der Waals surface area contributed by atoms with E-state index < -0.39 is 5.97 Å². The number of carboxylic acids is 1.